The van der Waals surface area contributed by atoms with E-state index in [1.807, 2.05) is 36.5 Å². The monoisotopic (exact) mass is 652 g/mol. The van der Waals surface area contributed by atoms with Gasteiger partial charge in [-0.25, -0.2) is 4.98 Å². The minimum Gasteiger partial charge on any atom is -0.506 e. The fourth-order valence-corrected chi connectivity index (χ4v) is 4.69. The molecule has 6 heteroatoms. The summed E-state index contributed by atoms with van der Waals surface area (Å²) in [5, 5.41) is 11.2. The van der Waals surface area contributed by atoms with Gasteiger partial charge in [-0.05, 0) is 58.9 Å². The number of aromatic nitrogens is 2. The summed E-state index contributed by atoms with van der Waals surface area (Å²) in [6.07, 6.45) is 1.88. The van der Waals surface area contributed by atoms with E-state index in [0.29, 0.717) is 11.4 Å². The van der Waals surface area contributed by atoms with E-state index < -0.39 is 0 Å². The molecule has 3 aromatic carbocycles. The number of hydrogen-bond acceptors (Lipinski definition) is 5. The van der Waals surface area contributed by atoms with Crippen LogP contribution >= 0.6 is 0 Å². The number of benzene rings is 3. The van der Waals surface area contributed by atoms with Crippen LogP contribution in [0.5, 0.6) is 5.75 Å². The number of aromatic hydroxyl groups is 1. The maximum Gasteiger partial charge on any atom is 0.140 e. The molecule has 0 atom stereocenters. The van der Waals surface area contributed by atoms with Crippen molar-refractivity contribution in [2.75, 3.05) is 16.8 Å². The molecule has 5 aromatic rings. The summed E-state index contributed by atoms with van der Waals surface area (Å²) < 4.78 is 0. The van der Waals surface area contributed by atoms with Crippen molar-refractivity contribution in [1.82, 2.24) is 9.97 Å². The van der Waals surface area contributed by atoms with Crippen LogP contribution in [0.2, 0.25) is 0 Å². The van der Waals surface area contributed by atoms with Gasteiger partial charge in [0.25, 0.3) is 0 Å². The third kappa shape index (κ3) is 3.94. The molecule has 6 rings (SSSR count). The SMILES string of the molecule is CC(C)c1ccnc(N2c3[c-]c(-c4ccc5cccc(O)c5n4)ccc3N(C)c3ccccc32)c1.[Pt]. The fraction of sp³-hybridized carbons (Fsp3) is 0.133. The van der Waals surface area contributed by atoms with E-state index in [0.717, 1.165) is 45.2 Å². The molecule has 5 nitrogen and oxygen atoms in total. The molecule has 1 N–H and O–H groups in total. The van der Waals surface area contributed by atoms with Crippen molar-refractivity contribution in [3.8, 4) is 17.0 Å². The quantitative estimate of drug-likeness (QED) is 0.205. The topological polar surface area (TPSA) is 52.5 Å². The predicted molar refractivity (Wildman–Crippen MR) is 142 cm³/mol. The number of fused-ring (bicyclic) bond motifs is 3. The van der Waals surface area contributed by atoms with E-state index >= 15 is 0 Å². The Kier molecular flexibility index (Phi) is 6.27. The van der Waals surface area contributed by atoms with Gasteiger partial charge in [0.2, 0.25) is 0 Å². The molecule has 0 fully saturated rings. The zero-order valence-corrected chi connectivity index (χ0v) is 22.5. The maximum atomic E-state index is 10.3. The molecule has 1 aliphatic heterocycles. The van der Waals surface area contributed by atoms with Crippen molar-refractivity contribution in [2.24, 2.45) is 0 Å². The van der Waals surface area contributed by atoms with Crippen LogP contribution < -0.4 is 9.80 Å². The number of rotatable bonds is 3. The van der Waals surface area contributed by atoms with Crippen molar-refractivity contribution in [3.05, 3.63) is 96.7 Å². The van der Waals surface area contributed by atoms with Crippen LogP contribution in [0.4, 0.5) is 28.6 Å². The second-order valence-corrected chi connectivity index (χ2v) is 9.14. The molecule has 0 unspecified atom stereocenters. The Morgan fingerprint density at radius 3 is 2.47 bits per heavy atom. The first-order valence-corrected chi connectivity index (χ1v) is 11.8. The molecule has 0 saturated carbocycles. The molecule has 0 amide bonds. The minimum atomic E-state index is 0. The van der Waals surface area contributed by atoms with Gasteiger partial charge in [-0.3, -0.25) is 4.98 Å². The largest absolute Gasteiger partial charge is 0.506 e. The first-order valence-electron chi connectivity index (χ1n) is 11.8. The van der Waals surface area contributed by atoms with Gasteiger partial charge >= 0.3 is 0 Å². The van der Waals surface area contributed by atoms with Crippen molar-refractivity contribution in [3.63, 3.8) is 0 Å². The van der Waals surface area contributed by atoms with Crippen LogP contribution in [0.15, 0.2) is 85.1 Å². The van der Waals surface area contributed by atoms with Gasteiger partial charge in [0, 0.05) is 39.7 Å². The van der Waals surface area contributed by atoms with Crippen molar-refractivity contribution in [1.29, 1.82) is 0 Å². The number of phenols is 1. The van der Waals surface area contributed by atoms with Gasteiger partial charge in [-0.1, -0.05) is 50.2 Å². The molecule has 1 aliphatic rings. The minimum absolute atomic E-state index is 0. The summed E-state index contributed by atoms with van der Waals surface area (Å²) in [4.78, 5) is 13.9. The number of anilines is 5. The molecule has 182 valence electrons. The van der Waals surface area contributed by atoms with E-state index in [1.165, 1.54) is 5.56 Å². The van der Waals surface area contributed by atoms with Gasteiger partial charge in [0.15, 0.2) is 0 Å². The number of phenolic OH excluding ortho intramolecular Hbond substituents is 1. The van der Waals surface area contributed by atoms with Crippen LogP contribution in [0.3, 0.4) is 0 Å². The van der Waals surface area contributed by atoms with Crippen molar-refractivity contribution >= 4 is 39.5 Å². The maximum absolute atomic E-state index is 10.3. The van der Waals surface area contributed by atoms with Crippen LogP contribution in [0.25, 0.3) is 22.2 Å². The molecule has 36 heavy (non-hydrogen) atoms. The predicted octanol–water partition coefficient (Wildman–Crippen LogP) is 7.47. The summed E-state index contributed by atoms with van der Waals surface area (Å²) in [6, 6.07) is 29.7. The Morgan fingerprint density at radius 2 is 1.67 bits per heavy atom. The summed E-state index contributed by atoms with van der Waals surface area (Å²) in [5.41, 5.74) is 7.53. The molecule has 0 aliphatic carbocycles. The Hall–Kier alpha value is -3.69. The first kappa shape index (κ1) is 24.0. The van der Waals surface area contributed by atoms with Gasteiger partial charge < -0.3 is 14.9 Å². The fourth-order valence-electron chi connectivity index (χ4n) is 4.69. The number of pyridine rings is 2. The van der Waals surface area contributed by atoms with Crippen LogP contribution in [0, 0.1) is 6.07 Å². The Balaban J connectivity index is 0.00000267. The molecular formula is C30H25N4OPt-. The summed E-state index contributed by atoms with van der Waals surface area (Å²) in [6.45, 7) is 4.38. The molecule has 0 radical (unpaired) electrons. The second-order valence-electron chi connectivity index (χ2n) is 9.14. The summed E-state index contributed by atoms with van der Waals surface area (Å²) >= 11 is 0. The molecule has 2 aromatic heterocycles. The number of nitrogens with zero attached hydrogens (tertiary/aromatic N) is 4. The zero-order chi connectivity index (χ0) is 24.1. The van der Waals surface area contributed by atoms with Gasteiger partial charge in [-0.15, -0.1) is 23.8 Å². The molecular weight excluding hydrogens is 627 g/mol. The van der Waals surface area contributed by atoms with E-state index in [1.54, 1.807) is 6.07 Å². The average Bonchev–Trinajstić information content (AvgIpc) is 2.89. The summed E-state index contributed by atoms with van der Waals surface area (Å²) in [7, 11) is 2.08. The Morgan fingerprint density at radius 1 is 0.861 bits per heavy atom. The van der Waals surface area contributed by atoms with Gasteiger partial charge in [0.1, 0.15) is 17.1 Å². The average molecular weight is 653 g/mol. The molecule has 0 saturated heterocycles. The summed E-state index contributed by atoms with van der Waals surface area (Å²) in [5.74, 6) is 1.42. The zero-order valence-electron chi connectivity index (χ0n) is 20.2. The van der Waals surface area contributed by atoms with E-state index in [4.69, 9.17) is 9.97 Å². The Bertz CT molecular complexity index is 1580. The third-order valence-electron chi connectivity index (χ3n) is 6.61. The van der Waals surface area contributed by atoms with E-state index in [2.05, 4.69) is 79.2 Å². The van der Waals surface area contributed by atoms with Crippen molar-refractivity contribution in [2.45, 2.75) is 19.8 Å². The normalized spacial score (nSPS) is 12.3. The molecule has 0 bridgehead atoms. The van der Waals surface area contributed by atoms with Gasteiger partial charge in [0.05, 0.1) is 11.4 Å². The van der Waals surface area contributed by atoms with Gasteiger partial charge in [-0.2, -0.15) is 0 Å². The molecule has 3 heterocycles. The van der Waals surface area contributed by atoms with Crippen LogP contribution in [0.1, 0.15) is 25.3 Å². The van der Waals surface area contributed by atoms with Crippen LogP contribution in [-0.4, -0.2) is 22.1 Å². The van der Waals surface area contributed by atoms with Crippen molar-refractivity contribution < 1.29 is 26.2 Å². The molecule has 0 spiro atoms. The van der Waals surface area contributed by atoms with Crippen LogP contribution in [-0.2, 0) is 21.1 Å². The first-order chi connectivity index (χ1) is 17.0. The Labute approximate surface area is 225 Å². The number of hydrogen-bond donors (Lipinski definition) is 1. The second kappa shape index (κ2) is 9.40. The van der Waals surface area contributed by atoms with E-state index in [-0.39, 0.29) is 26.8 Å². The number of para-hydroxylation sites is 3. The standard InChI is InChI=1S/C30H25N4O.Pt/c1-19(2)21-15-16-31-29(18-21)34-26-9-5-4-8-24(26)33(3)25-14-12-22(17-27(25)34)23-13-11-20-7-6-10-28(35)30(20)32-23;/h4-16,18-19,35H,1-3H3;/q-1;. The van der Waals surface area contributed by atoms with E-state index in [9.17, 15) is 5.11 Å². The third-order valence-corrected chi connectivity index (χ3v) is 6.61. The smallest absolute Gasteiger partial charge is 0.140 e.